The van der Waals surface area contributed by atoms with Gasteiger partial charge < -0.3 is 10.6 Å². The molecule has 0 bridgehead atoms. The van der Waals surface area contributed by atoms with Gasteiger partial charge in [-0.3, -0.25) is 4.79 Å². The van der Waals surface area contributed by atoms with Crippen LogP contribution in [-0.2, 0) is 4.79 Å². The fourth-order valence-corrected chi connectivity index (χ4v) is 2.91. The van der Waals surface area contributed by atoms with Gasteiger partial charge in [0.2, 0.25) is 5.91 Å². The summed E-state index contributed by atoms with van der Waals surface area (Å²) in [6.45, 7) is 5.51. The van der Waals surface area contributed by atoms with Crippen LogP contribution in [0.25, 0.3) is 0 Å². The van der Waals surface area contributed by atoms with Crippen LogP contribution >= 0.6 is 11.8 Å². The number of hydrogen-bond donors (Lipinski definition) is 2. The normalized spacial score (nSPS) is 22.8. The summed E-state index contributed by atoms with van der Waals surface area (Å²) in [5.74, 6) is 1.39. The smallest absolute Gasteiger partial charge is 0.234 e. The van der Waals surface area contributed by atoms with Crippen LogP contribution in [-0.4, -0.2) is 36.0 Å². The lowest BCUT2D eigenvalue weighted by Gasteiger charge is -2.21. The van der Waals surface area contributed by atoms with Crippen LogP contribution in [0.4, 0.5) is 0 Å². The van der Waals surface area contributed by atoms with Gasteiger partial charge in [-0.15, -0.1) is 0 Å². The summed E-state index contributed by atoms with van der Waals surface area (Å²) in [6.07, 6.45) is 4.97. The average molecular weight is 244 g/mol. The van der Waals surface area contributed by atoms with Crippen molar-refractivity contribution in [1.82, 2.24) is 10.6 Å². The second-order valence-corrected chi connectivity index (χ2v) is 5.89. The largest absolute Gasteiger partial charge is 0.354 e. The molecule has 1 saturated heterocycles. The first-order chi connectivity index (χ1) is 7.72. The molecular formula is C12H24N2OS. The number of nitrogens with one attached hydrogen (secondary N) is 2. The summed E-state index contributed by atoms with van der Waals surface area (Å²) in [6, 6.07) is 0.426. The first-order valence-corrected chi connectivity index (χ1v) is 7.39. The number of rotatable bonds is 6. The molecule has 1 aliphatic heterocycles. The number of hydrogen-bond acceptors (Lipinski definition) is 3. The van der Waals surface area contributed by atoms with Gasteiger partial charge in [-0.2, -0.15) is 11.8 Å². The molecule has 4 heteroatoms. The van der Waals surface area contributed by atoms with Crippen molar-refractivity contribution in [2.75, 3.05) is 18.8 Å². The van der Waals surface area contributed by atoms with Crippen molar-refractivity contribution in [3.05, 3.63) is 0 Å². The van der Waals surface area contributed by atoms with Crippen molar-refractivity contribution >= 4 is 17.7 Å². The fourth-order valence-electron chi connectivity index (χ4n) is 1.67. The summed E-state index contributed by atoms with van der Waals surface area (Å²) in [5, 5.41) is 6.85. The summed E-state index contributed by atoms with van der Waals surface area (Å²) < 4.78 is 0. The van der Waals surface area contributed by atoms with Crippen LogP contribution in [0.3, 0.4) is 0 Å². The zero-order valence-corrected chi connectivity index (χ0v) is 11.2. The standard InChI is InChI=1S/C12H24N2OS/c1-3-10(2)13-9-12(15)14-8-11-6-4-5-7-16-11/h10-11,13H,3-9H2,1-2H3,(H,14,15). The molecule has 0 aromatic heterocycles. The third-order valence-corrected chi connectivity index (χ3v) is 4.42. The topological polar surface area (TPSA) is 41.1 Å². The Morgan fingerprint density at radius 3 is 2.94 bits per heavy atom. The third-order valence-electron chi connectivity index (χ3n) is 3.02. The van der Waals surface area contributed by atoms with Crippen LogP contribution in [0.2, 0.25) is 0 Å². The molecule has 2 N–H and O–H groups in total. The van der Waals surface area contributed by atoms with E-state index in [-0.39, 0.29) is 5.91 Å². The highest BCUT2D eigenvalue weighted by molar-refractivity contribution is 7.99. The Morgan fingerprint density at radius 1 is 1.50 bits per heavy atom. The van der Waals surface area contributed by atoms with Gasteiger partial charge >= 0.3 is 0 Å². The maximum atomic E-state index is 11.5. The van der Waals surface area contributed by atoms with Gasteiger partial charge in [0.15, 0.2) is 0 Å². The van der Waals surface area contributed by atoms with Gasteiger partial charge in [-0.1, -0.05) is 13.3 Å². The number of amides is 1. The number of carbonyl (C=O) groups excluding carboxylic acids is 1. The van der Waals surface area contributed by atoms with Gasteiger partial charge in [-0.05, 0) is 31.9 Å². The summed E-state index contributed by atoms with van der Waals surface area (Å²) in [7, 11) is 0. The van der Waals surface area contributed by atoms with E-state index in [4.69, 9.17) is 0 Å². The lowest BCUT2D eigenvalue weighted by atomic mass is 10.2. The lowest BCUT2D eigenvalue weighted by molar-refractivity contribution is -0.120. The highest BCUT2D eigenvalue weighted by Crippen LogP contribution is 2.24. The summed E-state index contributed by atoms with van der Waals surface area (Å²) >= 11 is 2.00. The molecule has 2 unspecified atom stereocenters. The quantitative estimate of drug-likeness (QED) is 0.748. The highest BCUT2D eigenvalue weighted by Gasteiger charge is 2.14. The molecule has 1 rings (SSSR count). The monoisotopic (exact) mass is 244 g/mol. The van der Waals surface area contributed by atoms with Crippen molar-refractivity contribution in [2.24, 2.45) is 0 Å². The highest BCUT2D eigenvalue weighted by atomic mass is 32.2. The van der Waals surface area contributed by atoms with Crippen molar-refractivity contribution in [2.45, 2.75) is 50.8 Å². The molecule has 0 aliphatic carbocycles. The minimum atomic E-state index is 0.131. The number of thioether (sulfide) groups is 1. The molecule has 0 aromatic rings. The van der Waals surface area contributed by atoms with Crippen LogP contribution < -0.4 is 10.6 Å². The first kappa shape index (κ1) is 13.8. The minimum absolute atomic E-state index is 0.131. The zero-order valence-electron chi connectivity index (χ0n) is 10.4. The maximum Gasteiger partial charge on any atom is 0.234 e. The van der Waals surface area contributed by atoms with Crippen LogP contribution in [0.15, 0.2) is 0 Å². The van der Waals surface area contributed by atoms with E-state index in [9.17, 15) is 4.79 Å². The first-order valence-electron chi connectivity index (χ1n) is 6.34. The molecule has 0 aromatic carbocycles. The molecular weight excluding hydrogens is 220 g/mol. The van der Waals surface area contributed by atoms with Gasteiger partial charge in [0, 0.05) is 17.8 Å². The molecule has 1 fully saturated rings. The predicted octanol–water partition coefficient (Wildman–Crippen LogP) is 1.78. The Bertz CT molecular complexity index is 205. The lowest BCUT2D eigenvalue weighted by Crippen LogP contribution is -2.40. The molecule has 1 heterocycles. The SMILES string of the molecule is CCC(C)NCC(=O)NCC1CCCCS1. The van der Waals surface area contributed by atoms with E-state index in [0.717, 1.165) is 13.0 Å². The Morgan fingerprint density at radius 2 is 2.31 bits per heavy atom. The predicted molar refractivity (Wildman–Crippen MR) is 70.9 cm³/mol. The van der Waals surface area contributed by atoms with E-state index < -0.39 is 0 Å². The van der Waals surface area contributed by atoms with Gasteiger partial charge in [-0.25, -0.2) is 0 Å². The van der Waals surface area contributed by atoms with Crippen molar-refractivity contribution in [3.63, 3.8) is 0 Å². The molecule has 1 amide bonds. The summed E-state index contributed by atoms with van der Waals surface area (Å²) in [5.41, 5.74) is 0. The van der Waals surface area contributed by atoms with E-state index in [1.54, 1.807) is 0 Å². The van der Waals surface area contributed by atoms with Crippen molar-refractivity contribution in [1.29, 1.82) is 0 Å². The minimum Gasteiger partial charge on any atom is -0.354 e. The van der Waals surface area contributed by atoms with Gasteiger partial charge in [0.25, 0.3) is 0 Å². The molecule has 0 spiro atoms. The van der Waals surface area contributed by atoms with E-state index in [2.05, 4.69) is 24.5 Å². The Labute approximate surface area is 103 Å². The van der Waals surface area contributed by atoms with Gasteiger partial charge in [0.05, 0.1) is 6.54 Å². The Kier molecular flexibility index (Phi) is 6.88. The third kappa shape index (κ3) is 5.75. The molecule has 16 heavy (non-hydrogen) atoms. The van der Waals surface area contributed by atoms with Crippen molar-refractivity contribution in [3.8, 4) is 0 Å². The van der Waals surface area contributed by atoms with E-state index in [1.807, 2.05) is 11.8 Å². The van der Waals surface area contributed by atoms with Crippen molar-refractivity contribution < 1.29 is 4.79 Å². The maximum absolute atomic E-state index is 11.5. The average Bonchev–Trinajstić information content (AvgIpc) is 2.34. The molecule has 2 atom stereocenters. The van der Waals surface area contributed by atoms with E-state index >= 15 is 0 Å². The van der Waals surface area contributed by atoms with Crippen LogP contribution in [0.5, 0.6) is 0 Å². The van der Waals surface area contributed by atoms with Crippen LogP contribution in [0, 0.1) is 0 Å². The zero-order chi connectivity index (χ0) is 11.8. The molecule has 1 aliphatic rings. The second kappa shape index (κ2) is 7.96. The van der Waals surface area contributed by atoms with E-state index in [0.29, 0.717) is 17.8 Å². The molecule has 3 nitrogen and oxygen atoms in total. The Balaban J connectivity index is 2.05. The summed E-state index contributed by atoms with van der Waals surface area (Å²) in [4.78, 5) is 11.5. The number of carbonyl (C=O) groups is 1. The molecule has 0 radical (unpaired) electrons. The van der Waals surface area contributed by atoms with Gasteiger partial charge in [0.1, 0.15) is 0 Å². The Hall–Kier alpha value is -0.220. The fraction of sp³-hybridized carbons (Fsp3) is 0.917. The molecule has 0 saturated carbocycles. The van der Waals surface area contributed by atoms with E-state index in [1.165, 1.54) is 25.0 Å². The molecule has 94 valence electrons. The second-order valence-electron chi connectivity index (χ2n) is 4.48. The van der Waals surface area contributed by atoms with Crippen LogP contribution in [0.1, 0.15) is 39.5 Å².